The first kappa shape index (κ1) is 18.0. The predicted octanol–water partition coefficient (Wildman–Crippen LogP) is 3.15. The average Bonchev–Trinajstić information content (AvgIpc) is 2.42. The van der Waals surface area contributed by atoms with E-state index in [9.17, 15) is 13.2 Å². The van der Waals surface area contributed by atoms with Crippen LogP contribution in [-0.2, 0) is 4.74 Å². The van der Waals surface area contributed by atoms with Crippen LogP contribution in [0, 0.1) is 5.92 Å². The minimum atomic E-state index is -4.03. The Morgan fingerprint density at radius 2 is 1.55 bits per heavy atom. The summed E-state index contributed by atoms with van der Waals surface area (Å²) in [5.41, 5.74) is 0. The summed E-state index contributed by atoms with van der Waals surface area (Å²) in [7, 11) is 0. The molecule has 0 bridgehead atoms. The van der Waals surface area contributed by atoms with E-state index >= 15 is 0 Å². The van der Waals surface area contributed by atoms with Crippen LogP contribution >= 0.6 is 0 Å². The first-order chi connectivity index (χ1) is 10.3. The molecule has 0 radical (unpaired) electrons. The zero-order chi connectivity index (χ0) is 16.2. The van der Waals surface area contributed by atoms with Gasteiger partial charge in [-0.3, -0.25) is 4.90 Å². The molecule has 0 spiro atoms. The number of rotatable bonds is 5. The third kappa shape index (κ3) is 6.42. The number of morpholine rings is 1. The van der Waals surface area contributed by atoms with Gasteiger partial charge in [-0.1, -0.05) is 0 Å². The van der Waals surface area contributed by atoms with Crippen LogP contribution in [0.4, 0.5) is 13.2 Å². The second kappa shape index (κ2) is 7.97. The highest BCUT2D eigenvalue weighted by Gasteiger charge is 2.29. The molecule has 0 aromatic heterocycles. The fourth-order valence-electron chi connectivity index (χ4n) is 3.62. The Hall–Kier alpha value is -0.330. The van der Waals surface area contributed by atoms with Crippen LogP contribution in [0.1, 0.15) is 39.5 Å². The van der Waals surface area contributed by atoms with E-state index in [1.807, 2.05) is 4.90 Å². The number of hydrogen-bond acceptors (Lipinski definition) is 3. The van der Waals surface area contributed by atoms with Gasteiger partial charge in [0, 0.05) is 19.6 Å². The fourth-order valence-corrected chi connectivity index (χ4v) is 3.62. The molecule has 3 nitrogen and oxygen atoms in total. The van der Waals surface area contributed by atoms with E-state index in [0.29, 0.717) is 18.1 Å². The topological polar surface area (TPSA) is 15.7 Å². The molecule has 0 aromatic carbocycles. The third-order valence-electron chi connectivity index (χ3n) is 4.77. The van der Waals surface area contributed by atoms with Crippen molar-refractivity contribution in [1.29, 1.82) is 0 Å². The molecule has 0 N–H and O–H groups in total. The van der Waals surface area contributed by atoms with Crippen LogP contribution in [0.5, 0.6) is 0 Å². The number of nitrogens with zero attached hydrogens (tertiary/aromatic N) is 2. The van der Waals surface area contributed by atoms with Crippen molar-refractivity contribution < 1.29 is 17.9 Å². The summed E-state index contributed by atoms with van der Waals surface area (Å²) in [6, 6.07) is 0. The molecule has 2 rings (SSSR count). The van der Waals surface area contributed by atoms with Gasteiger partial charge in [-0.25, -0.2) is 0 Å². The van der Waals surface area contributed by atoms with E-state index in [-0.39, 0.29) is 6.54 Å². The lowest BCUT2D eigenvalue weighted by molar-refractivity contribution is -0.138. The highest BCUT2D eigenvalue weighted by Crippen LogP contribution is 2.24. The van der Waals surface area contributed by atoms with Crippen molar-refractivity contribution in [3.63, 3.8) is 0 Å². The Bertz CT molecular complexity index is 320. The van der Waals surface area contributed by atoms with Gasteiger partial charge in [-0.2, -0.15) is 13.2 Å². The minimum Gasteiger partial charge on any atom is -0.373 e. The molecule has 2 heterocycles. The normalized spacial score (nSPS) is 29.9. The van der Waals surface area contributed by atoms with E-state index in [4.69, 9.17) is 4.74 Å². The maximum absolute atomic E-state index is 12.2. The Morgan fingerprint density at radius 1 is 0.955 bits per heavy atom. The molecule has 0 unspecified atom stereocenters. The molecule has 0 aliphatic carbocycles. The van der Waals surface area contributed by atoms with Gasteiger partial charge in [0.2, 0.25) is 0 Å². The van der Waals surface area contributed by atoms with E-state index in [0.717, 1.165) is 52.0 Å². The molecular weight excluding hydrogens is 293 g/mol. The molecule has 2 atom stereocenters. The smallest absolute Gasteiger partial charge is 0.373 e. The van der Waals surface area contributed by atoms with Crippen molar-refractivity contribution in [2.24, 2.45) is 5.92 Å². The standard InChI is InChI=1S/C16H29F3N2O/c1-13-11-21(12-14(2)22-13)9-5-15-3-7-20(8-4-15)10-6-16(17,18)19/h13-15H,3-12H2,1-2H3/t13-,14+. The molecule has 130 valence electrons. The van der Waals surface area contributed by atoms with Gasteiger partial charge in [0.05, 0.1) is 18.6 Å². The number of hydrogen-bond donors (Lipinski definition) is 0. The van der Waals surface area contributed by atoms with Crippen molar-refractivity contribution in [2.45, 2.75) is 57.9 Å². The monoisotopic (exact) mass is 322 g/mol. The van der Waals surface area contributed by atoms with Crippen molar-refractivity contribution in [1.82, 2.24) is 9.80 Å². The van der Waals surface area contributed by atoms with E-state index in [1.165, 1.54) is 0 Å². The SMILES string of the molecule is C[C@@H]1CN(CCC2CCN(CCC(F)(F)F)CC2)C[C@H](C)O1. The summed E-state index contributed by atoms with van der Waals surface area (Å²) in [5.74, 6) is 0.663. The molecule has 2 aliphatic rings. The largest absolute Gasteiger partial charge is 0.390 e. The second-order valence-corrected chi connectivity index (χ2v) is 6.96. The number of likely N-dealkylation sites (tertiary alicyclic amines) is 1. The number of halogens is 3. The first-order valence-electron chi connectivity index (χ1n) is 8.49. The lowest BCUT2D eigenvalue weighted by atomic mass is 9.93. The molecule has 2 aliphatic heterocycles. The summed E-state index contributed by atoms with van der Waals surface area (Å²) < 4.78 is 42.4. The van der Waals surface area contributed by atoms with Gasteiger partial charge < -0.3 is 9.64 Å². The zero-order valence-electron chi connectivity index (χ0n) is 13.7. The number of alkyl halides is 3. The van der Waals surface area contributed by atoms with Gasteiger partial charge >= 0.3 is 6.18 Å². The van der Waals surface area contributed by atoms with Gasteiger partial charge in [0.15, 0.2) is 0 Å². The summed E-state index contributed by atoms with van der Waals surface area (Å²) in [4.78, 5) is 4.43. The Labute approximate surface area is 131 Å². The fraction of sp³-hybridized carbons (Fsp3) is 1.00. The summed E-state index contributed by atoms with van der Waals surface area (Å²) in [6.07, 6.45) is -0.879. The number of ether oxygens (including phenoxy) is 1. The quantitative estimate of drug-likeness (QED) is 0.773. The zero-order valence-corrected chi connectivity index (χ0v) is 13.7. The Kier molecular flexibility index (Phi) is 6.53. The third-order valence-corrected chi connectivity index (χ3v) is 4.77. The van der Waals surface area contributed by atoms with Gasteiger partial charge in [-0.05, 0) is 58.7 Å². The van der Waals surface area contributed by atoms with Crippen LogP contribution < -0.4 is 0 Å². The lowest BCUT2D eigenvalue weighted by Gasteiger charge is -2.37. The van der Waals surface area contributed by atoms with Crippen LogP contribution in [-0.4, -0.2) is 67.5 Å². The van der Waals surface area contributed by atoms with E-state index in [2.05, 4.69) is 18.7 Å². The van der Waals surface area contributed by atoms with Crippen molar-refractivity contribution in [3.05, 3.63) is 0 Å². The second-order valence-electron chi connectivity index (χ2n) is 6.96. The summed E-state index contributed by atoms with van der Waals surface area (Å²) in [5, 5.41) is 0. The summed E-state index contributed by atoms with van der Waals surface area (Å²) >= 11 is 0. The Balaban J connectivity index is 1.61. The van der Waals surface area contributed by atoms with Crippen LogP contribution in [0.25, 0.3) is 0 Å². The molecule has 22 heavy (non-hydrogen) atoms. The van der Waals surface area contributed by atoms with Crippen LogP contribution in [0.2, 0.25) is 0 Å². The van der Waals surface area contributed by atoms with Crippen LogP contribution in [0.3, 0.4) is 0 Å². The van der Waals surface area contributed by atoms with Crippen molar-refractivity contribution in [3.8, 4) is 0 Å². The van der Waals surface area contributed by atoms with Crippen molar-refractivity contribution in [2.75, 3.05) is 39.3 Å². The highest BCUT2D eigenvalue weighted by molar-refractivity contribution is 4.77. The molecular formula is C16H29F3N2O. The molecule has 6 heteroatoms. The lowest BCUT2D eigenvalue weighted by Crippen LogP contribution is -2.46. The minimum absolute atomic E-state index is 0.161. The van der Waals surface area contributed by atoms with Gasteiger partial charge in [-0.15, -0.1) is 0 Å². The maximum Gasteiger partial charge on any atom is 0.390 e. The van der Waals surface area contributed by atoms with Crippen LogP contribution in [0.15, 0.2) is 0 Å². The first-order valence-corrected chi connectivity index (χ1v) is 8.49. The molecule has 0 saturated carbocycles. The van der Waals surface area contributed by atoms with Crippen molar-refractivity contribution >= 4 is 0 Å². The molecule has 0 aromatic rings. The molecule has 2 saturated heterocycles. The summed E-state index contributed by atoms with van der Waals surface area (Å²) in [6.45, 7) is 9.10. The van der Waals surface area contributed by atoms with E-state index in [1.54, 1.807) is 0 Å². The maximum atomic E-state index is 12.2. The molecule has 0 amide bonds. The highest BCUT2D eigenvalue weighted by atomic mass is 19.4. The number of piperidine rings is 1. The van der Waals surface area contributed by atoms with Gasteiger partial charge in [0.25, 0.3) is 0 Å². The van der Waals surface area contributed by atoms with Gasteiger partial charge in [0.1, 0.15) is 0 Å². The van der Waals surface area contributed by atoms with E-state index < -0.39 is 12.6 Å². The molecule has 2 fully saturated rings. The Morgan fingerprint density at radius 3 is 2.09 bits per heavy atom. The predicted molar refractivity (Wildman–Crippen MR) is 80.9 cm³/mol. The average molecular weight is 322 g/mol.